The molecule has 3 aromatic rings. The standard InChI is InChI=1S/C23H22N4O/c24-13-18-12-21(19-8-4-5-9-20(19)25-18)27-15-22-23(16-27)28-11-10-26(22)14-17-6-2-1-3-7-17/h1-9,12,22-23H,10-11,14-16H2. The van der Waals surface area contributed by atoms with E-state index in [4.69, 9.17) is 4.74 Å². The van der Waals surface area contributed by atoms with Gasteiger partial charge in [-0.05, 0) is 17.7 Å². The van der Waals surface area contributed by atoms with Gasteiger partial charge in [-0.1, -0.05) is 48.5 Å². The SMILES string of the molecule is N#Cc1cc(N2CC3OCCN(Cc4ccccc4)C3C2)c2ccccc2n1. The van der Waals surface area contributed by atoms with Crippen LogP contribution in [0.3, 0.4) is 0 Å². The van der Waals surface area contributed by atoms with Gasteiger partial charge in [0.05, 0.1) is 24.3 Å². The maximum Gasteiger partial charge on any atom is 0.143 e. The van der Waals surface area contributed by atoms with Gasteiger partial charge in [-0.3, -0.25) is 4.90 Å². The number of fused-ring (bicyclic) bond motifs is 2. The van der Waals surface area contributed by atoms with Gasteiger partial charge in [0.25, 0.3) is 0 Å². The van der Waals surface area contributed by atoms with Gasteiger partial charge in [0, 0.05) is 37.3 Å². The molecule has 5 nitrogen and oxygen atoms in total. The Morgan fingerprint density at radius 1 is 1.07 bits per heavy atom. The van der Waals surface area contributed by atoms with Crippen LogP contribution in [0, 0.1) is 11.3 Å². The van der Waals surface area contributed by atoms with Crippen LogP contribution in [0.2, 0.25) is 0 Å². The molecule has 0 amide bonds. The lowest BCUT2D eigenvalue weighted by Crippen LogP contribution is -2.50. The Morgan fingerprint density at radius 2 is 1.89 bits per heavy atom. The molecule has 0 spiro atoms. The zero-order valence-electron chi connectivity index (χ0n) is 15.7. The molecule has 2 aliphatic rings. The summed E-state index contributed by atoms with van der Waals surface area (Å²) in [5, 5.41) is 10.5. The van der Waals surface area contributed by atoms with Gasteiger partial charge in [0.2, 0.25) is 0 Å². The minimum Gasteiger partial charge on any atom is -0.373 e. The van der Waals surface area contributed by atoms with E-state index in [-0.39, 0.29) is 6.10 Å². The predicted molar refractivity (Wildman–Crippen MR) is 109 cm³/mol. The molecule has 5 heteroatoms. The first-order chi connectivity index (χ1) is 13.8. The van der Waals surface area contributed by atoms with Crippen molar-refractivity contribution < 1.29 is 4.74 Å². The maximum absolute atomic E-state index is 9.41. The van der Waals surface area contributed by atoms with Crippen LogP contribution in [0.15, 0.2) is 60.7 Å². The number of hydrogen-bond donors (Lipinski definition) is 0. The summed E-state index contributed by atoms with van der Waals surface area (Å²) in [4.78, 5) is 9.36. The first kappa shape index (κ1) is 17.2. The smallest absolute Gasteiger partial charge is 0.143 e. The molecule has 0 saturated carbocycles. The van der Waals surface area contributed by atoms with E-state index in [9.17, 15) is 5.26 Å². The molecule has 2 atom stereocenters. The number of benzene rings is 2. The van der Waals surface area contributed by atoms with Crippen LogP contribution in [0.5, 0.6) is 0 Å². The molecular weight excluding hydrogens is 348 g/mol. The third kappa shape index (κ3) is 3.11. The Bertz CT molecular complexity index is 1030. The van der Waals surface area contributed by atoms with Gasteiger partial charge in [0.1, 0.15) is 11.8 Å². The average molecular weight is 370 g/mol. The molecule has 28 heavy (non-hydrogen) atoms. The number of nitrogens with zero attached hydrogens (tertiary/aromatic N) is 4. The largest absolute Gasteiger partial charge is 0.373 e. The van der Waals surface area contributed by atoms with Crippen molar-refractivity contribution in [2.75, 3.05) is 31.1 Å². The van der Waals surface area contributed by atoms with E-state index in [0.717, 1.165) is 49.4 Å². The van der Waals surface area contributed by atoms with Crippen LogP contribution in [-0.4, -0.2) is 48.3 Å². The molecule has 0 N–H and O–H groups in total. The number of hydrogen-bond acceptors (Lipinski definition) is 5. The van der Waals surface area contributed by atoms with Crippen LogP contribution >= 0.6 is 0 Å². The highest BCUT2D eigenvalue weighted by molar-refractivity contribution is 5.92. The second-order valence-electron chi connectivity index (χ2n) is 7.49. The molecule has 2 unspecified atom stereocenters. The van der Waals surface area contributed by atoms with Crippen molar-refractivity contribution in [3.63, 3.8) is 0 Å². The second kappa shape index (κ2) is 7.23. The number of para-hydroxylation sites is 1. The van der Waals surface area contributed by atoms with Gasteiger partial charge < -0.3 is 9.64 Å². The fraction of sp³-hybridized carbons (Fsp3) is 0.304. The molecule has 0 radical (unpaired) electrons. The minimum atomic E-state index is 0.190. The minimum absolute atomic E-state index is 0.190. The van der Waals surface area contributed by atoms with E-state index in [0.29, 0.717) is 11.7 Å². The van der Waals surface area contributed by atoms with Crippen molar-refractivity contribution in [3.8, 4) is 6.07 Å². The van der Waals surface area contributed by atoms with Crippen molar-refractivity contribution in [2.45, 2.75) is 18.7 Å². The van der Waals surface area contributed by atoms with E-state index in [1.54, 1.807) is 0 Å². The molecular formula is C23H22N4O. The quantitative estimate of drug-likeness (QED) is 0.709. The lowest BCUT2D eigenvalue weighted by Gasteiger charge is -2.36. The van der Waals surface area contributed by atoms with Crippen molar-refractivity contribution in [2.24, 2.45) is 0 Å². The molecule has 140 valence electrons. The predicted octanol–water partition coefficient (Wildman–Crippen LogP) is 3.20. The van der Waals surface area contributed by atoms with Crippen LogP contribution in [-0.2, 0) is 11.3 Å². The molecule has 1 aromatic heterocycles. The average Bonchev–Trinajstić information content (AvgIpc) is 3.19. The Kier molecular flexibility index (Phi) is 4.44. The summed E-state index contributed by atoms with van der Waals surface area (Å²) in [6, 6.07) is 23.2. The first-order valence-electron chi connectivity index (χ1n) is 9.76. The molecule has 2 fully saturated rings. The molecule has 2 aromatic carbocycles. The Balaban J connectivity index is 1.45. The summed E-state index contributed by atoms with van der Waals surface area (Å²) in [7, 11) is 0. The monoisotopic (exact) mass is 370 g/mol. The molecule has 2 saturated heterocycles. The fourth-order valence-corrected chi connectivity index (χ4v) is 4.45. The lowest BCUT2D eigenvalue weighted by molar-refractivity contribution is -0.0499. The summed E-state index contributed by atoms with van der Waals surface area (Å²) in [5.41, 5.74) is 3.75. The van der Waals surface area contributed by atoms with Gasteiger partial charge in [-0.25, -0.2) is 4.98 Å². The molecule has 5 rings (SSSR count). The van der Waals surface area contributed by atoms with Crippen molar-refractivity contribution in [3.05, 3.63) is 71.9 Å². The van der Waals surface area contributed by atoms with Gasteiger partial charge in [-0.15, -0.1) is 0 Å². The third-order valence-electron chi connectivity index (χ3n) is 5.79. The molecule has 0 aliphatic carbocycles. The van der Waals surface area contributed by atoms with E-state index >= 15 is 0 Å². The van der Waals surface area contributed by atoms with Crippen LogP contribution < -0.4 is 4.90 Å². The number of nitriles is 1. The Labute approximate surface area is 164 Å². The first-order valence-corrected chi connectivity index (χ1v) is 9.76. The number of anilines is 1. The zero-order chi connectivity index (χ0) is 18.9. The fourth-order valence-electron chi connectivity index (χ4n) is 4.45. The van der Waals surface area contributed by atoms with E-state index in [2.05, 4.69) is 57.3 Å². The van der Waals surface area contributed by atoms with Gasteiger partial charge >= 0.3 is 0 Å². The Hall–Kier alpha value is -2.94. The summed E-state index contributed by atoms with van der Waals surface area (Å²) in [6.45, 7) is 4.40. The summed E-state index contributed by atoms with van der Waals surface area (Å²) >= 11 is 0. The van der Waals surface area contributed by atoms with Crippen molar-refractivity contribution >= 4 is 16.6 Å². The Morgan fingerprint density at radius 3 is 2.75 bits per heavy atom. The van der Waals surface area contributed by atoms with Gasteiger partial charge in [-0.2, -0.15) is 5.26 Å². The molecule has 0 bridgehead atoms. The summed E-state index contributed by atoms with van der Waals surface area (Å²) in [6.07, 6.45) is 0.190. The van der Waals surface area contributed by atoms with E-state index < -0.39 is 0 Å². The molecule has 3 heterocycles. The summed E-state index contributed by atoms with van der Waals surface area (Å²) < 4.78 is 6.13. The third-order valence-corrected chi connectivity index (χ3v) is 5.79. The number of rotatable bonds is 3. The maximum atomic E-state index is 9.41. The highest BCUT2D eigenvalue weighted by Gasteiger charge is 2.40. The lowest BCUT2D eigenvalue weighted by atomic mass is 10.1. The second-order valence-corrected chi connectivity index (χ2v) is 7.49. The van der Waals surface area contributed by atoms with Crippen LogP contribution in [0.25, 0.3) is 10.9 Å². The normalized spacial score (nSPS) is 22.2. The van der Waals surface area contributed by atoms with Gasteiger partial charge in [0.15, 0.2) is 0 Å². The molecule has 2 aliphatic heterocycles. The van der Waals surface area contributed by atoms with Crippen molar-refractivity contribution in [1.29, 1.82) is 5.26 Å². The van der Waals surface area contributed by atoms with E-state index in [1.807, 2.05) is 24.3 Å². The number of pyridine rings is 1. The summed E-state index contributed by atoms with van der Waals surface area (Å²) in [5.74, 6) is 0. The number of morpholine rings is 1. The number of ether oxygens (including phenoxy) is 1. The highest BCUT2D eigenvalue weighted by Crippen LogP contribution is 2.33. The van der Waals surface area contributed by atoms with Crippen molar-refractivity contribution in [1.82, 2.24) is 9.88 Å². The number of aromatic nitrogens is 1. The highest BCUT2D eigenvalue weighted by atomic mass is 16.5. The zero-order valence-corrected chi connectivity index (χ0v) is 15.7. The van der Waals surface area contributed by atoms with Crippen LogP contribution in [0.4, 0.5) is 5.69 Å². The van der Waals surface area contributed by atoms with Crippen LogP contribution in [0.1, 0.15) is 11.3 Å². The topological polar surface area (TPSA) is 52.4 Å². The van der Waals surface area contributed by atoms with E-state index in [1.165, 1.54) is 5.56 Å².